The van der Waals surface area contributed by atoms with E-state index in [0.717, 1.165) is 15.7 Å². The maximum Gasteiger partial charge on any atom is 0.0614 e. The molecule has 0 aliphatic carbocycles. The maximum absolute atomic E-state index is 5.80. The molecule has 2 aromatic carbocycles. The number of hydrogen-bond donors (Lipinski definition) is 1. The zero-order chi connectivity index (χ0) is 13.5. The number of anilines is 1. The molecule has 0 bridgehead atoms. The number of rotatable bonds is 4. The molecule has 0 atom stereocenters. The number of hydrazone groups is 1. The Morgan fingerprint density at radius 2 is 1.74 bits per heavy atom. The van der Waals surface area contributed by atoms with Crippen LogP contribution >= 0.6 is 27.5 Å². The first-order valence-corrected chi connectivity index (χ1v) is 6.88. The topological polar surface area (TPSA) is 24.4 Å². The molecule has 0 amide bonds. The molecule has 0 saturated heterocycles. The summed E-state index contributed by atoms with van der Waals surface area (Å²) in [7, 11) is 0. The summed E-state index contributed by atoms with van der Waals surface area (Å²) in [6.07, 6.45) is 3.70. The Bertz CT molecular complexity index is 577. The van der Waals surface area contributed by atoms with Crippen molar-refractivity contribution in [1.82, 2.24) is 0 Å². The molecule has 0 radical (unpaired) electrons. The lowest BCUT2D eigenvalue weighted by Crippen LogP contribution is -1.88. The minimum Gasteiger partial charge on any atom is -0.278 e. The molecule has 96 valence electrons. The maximum atomic E-state index is 5.80. The summed E-state index contributed by atoms with van der Waals surface area (Å²) in [5.74, 6) is 0. The lowest BCUT2D eigenvalue weighted by molar-refractivity contribution is 1.35. The molecule has 0 aliphatic rings. The average molecular weight is 336 g/mol. The predicted octanol–water partition coefficient (Wildman–Crippen LogP) is 5.17. The summed E-state index contributed by atoms with van der Waals surface area (Å²) in [6, 6.07) is 17.4. The fraction of sp³-hybridized carbons (Fsp3) is 0. The first kappa shape index (κ1) is 13.8. The molecule has 0 saturated carbocycles. The number of nitrogens with one attached hydrogen (secondary N) is 1. The van der Waals surface area contributed by atoms with Crippen molar-refractivity contribution in [2.45, 2.75) is 0 Å². The number of allylic oxidation sites excluding steroid dienone is 1. The smallest absolute Gasteiger partial charge is 0.0614 e. The lowest BCUT2D eigenvalue weighted by Gasteiger charge is -1.99. The second-order valence-electron chi connectivity index (χ2n) is 3.82. The largest absolute Gasteiger partial charge is 0.278 e. The van der Waals surface area contributed by atoms with Gasteiger partial charge in [-0.2, -0.15) is 5.10 Å². The fourth-order valence-corrected chi connectivity index (χ4v) is 1.93. The van der Waals surface area contributed by atoms with Crippen molar-refractivity contribution in [3.63, 3.8) is 0 Å². The number of benzene rings is 2. The highest BCUT2D eigenvalue weighted by Gasteiger charge is 1.91. The SMILES string of the molecule is Clc1ccc(N/N=C/C(Br)=C/c2ccccc2)cc1. The van der Waals surface area contributed by atoms with Crippen molar-refractivity contribution in [2.24, 2.45) is 5.10 Å². The van der Waals surface area contributed by atoms with E-state index in [9.17, 15) is 0 Å². The highest BCUT2D eigenvalue weighted by molar-refractivity contribution is 9.12. The van der Waals surface area contributed by atoms with Crippen molar-refractivity contribution in [1.29, 1.82) is 0 Å². The van der Waals surface area contributed by atoms with Gasteiger partial charge < -0.3 is 0 Å². The van der Waals surface area contributed by atoms with Crippen LogP contribution in [0.1, 0.15) is 5.56 Å². The van der Waals surface area contributed by atoms with Gasteiger partial charge in [-0.1, -0.05) is 41.9 Å². The highest BCUT2D eigenvalue weighted by Crippen LogP contribution is 2.14. The molecule has 2 rings (SSSR count). The van der Waals surface area contributed by atoms with Gasteiger partial charge in [0.2, 0.25) is 0 Å². The van der Waals surface area contributed by atoms with Crippen LogP contribution in [0, 0.1) is 0 Å². The molecule has 1 N–H and O–H groups in total. The third-order valence-electron chi connectivity index (χ3n) is 2.33. The van der Waals surface area contributed by atoms with Crippen LogP contribution in [0.4, 0.5) is 5.69 Å². The van der Waals surface area contributed by atoms with E-state index in [4.69, 9.17) is 11.6 Å². The van der Waals surface area contributed by atoms with Gasteiger partial charge in [0.15, 0.2) is 0 Å². The Morgan fingerprint density at radius 3 is 2.42 bits per heavy atom. The van der Waals surface area contributed by atoms with E-state index >= 15 is 0 Å². The van der Waals surface area contributed by atoms with Gasteiger partial charge in [-0.25, -0.2) is 0 Å². The highest BCUT2D eigenvalue weighted by atomic mass is 79.9. The first-order valence-electron chi connectivity index (χ1n) is 5.71. The molecule has 0 fully saturated rings. The van der Waals surface area contributed by atoms with E-state index in [1.54, 1.807) is 6.21 Å². The molecular formula is C15H12BrClN2. The molecule has 0 aromatic heterocycles. The molecule has 19 heavy (non-hydrogen) atoms. The summed E-state index contributed by atoms with van der Waals surface area (Å²) in [4.78, 5) is 0. The second-order valence-corrected chi connectivity index (χ2v) is 5.17. The molecule has 2 aromatic rings. The molecule has 0 unspecified atom stereocenters. The quantitative estimate of drug-likeness (QED) is 0.604. The molecule has 0 heterocycles. The normalized spacial score (nSPS) is 11.8. The fourth-order valence-electron chi connectivity index (χ4n) is 1.44. The molecule has 0 spiro atoms. The van der Waals surface area contributed by atoms with Crippen molar-refractivity contribution < 1.29 is 0 Å². The van der Waals surface area contributed by atoms with Gasteiger partial charge in [0.05, 0.1) is 11.9 Å². The number of nitrogens with zero attached hydrogens (tertiary/aromatic N) is 1. The van der Waals surface area contributed by atoms with E-state index in [1.165, 1.54) is 0 Å². The Kier molecular flexibility index (Phi) is 5.19. The van der Waals surface area contributed by atoms with Gasteiger partial charge >= 0.3 is 0 Å². The van der Waals surface area contributed by atoms with Crippen LogP contribution < -0.4 is 5.43 Å². The van der Waals surface area contributed by atoms with E-state index < -0.39 is 0 Å². The van der Waals surface area contributed by atoms with Crippen LogP contribution in [-0.4, -0.2) is 6.21 Å². The van der Waals surface area contributed by atoms with Crippen molar-refractivity contribution >= 4 is 45.5 Å². The minimum absolute atomic E-state index is 0.708. The van der Waals surface area contributed by atoms with Gasteiger partial charge in [0, 0.05) is 9.51 Å². The monoisotopic (exact) mass is 334 g/mol. The number of hydrogen-bond acceptors (Lipinski definition) is 2. The Balaban J connectivity index is 1.95. The van der Waals surface area contributed by atoms with Crippen LogP contribution in [0.2, 0.25) is 5.02 Å². The van der Waals surface area contributed by atoms with Gasteiger partial charge in [0.25, 0.3) is 0 Å². The van der Waals surface area contributed by atoms with E-state index in [2.05, 4.69) is 26.5 Å². The zero-order valence-corrected chi connectivity index (χ0v) is 12.4. The molecular weight excluding hydrogens is 324 g/mol. The van der Waals surface area contributed by atoms with Crippen molar-refractivity contribution in [3.05, 3.63) is 69.7 Å². The summed E-state index contributed by atoms with van der Waals surface area (Å²) in [6.45, 7) is 0. The van der Waals surface area contributed by atoms with Gasteiger partial charge in [-0.05, 0) is 51.8 Å². The van der Waals surface area contributed by atoms with Crippen LogP contribution in [0.3, 0.4) is 0 Å². The summed E-state index contributed by atoms with van der Waals surface area (Å²) in [5.41, 5.74) is 4.94. The Morgan fingerprint density at radius 1 is 1.05 bits per heavy atom. The molecule has 2 nitrogen and oxygen atoms in total. The third kappa shape index (κ3) is 4.89. The zero-order valence-electron chi connectivity index (χ0n) is 10.1. The average Bonchev–Trinajstić information content (AvgIpc) is 2.42. The second kappa shape index (κ2) is 7.12. The van der Waals surface area contributed by atoms with Crippen LogP contribution in [0.25, 0.3) is 6.08 Å². The standard InChI is InChI=1S/C15H12BrClN2/c16-13(10-12-4-2-1-3-5-12)11-18-19-15-8-6-14(17)7-9-15/h1-11,19H/b13-10-,18-11+. The first-order chi connectivity index (χ1) is 9.24. The summed E-state index contributed by atoms with van der Waals surface area (Å²) >= 11 is 9.25. The van der Waals surface area contributed by atoms with Gasteiger partial charge in [-0.3, -0.25) is 5.43 Å². The summed E-state index contributed by atoms with van der Waals surface area (Å²) < 4.78 is 0.889. The Labute approximate surface area is 125 Å². The predicted molar refractivity (Wildman–Crippen MR) is 86.9 cm³/mol. The van der Waals surface area contributed by atoms with Crippen LogP contribution in [0.5, 0.6) is 0 Å². The van der Waals surface area contributed by atoms with Crippen LogP contribution in [0.15, 0.2) is 64.2 Å². The van der Waals surface area contributed by atoms with E-state index in [-0.39, 0.29) is 0 Å². The van der Waals surface area contributed by atoms with E-state index in [0.29, 0.717) is 5.02 Å². The minimum atomic E-state index is 0.708. The lowest BCUT2D eigenvalue weighted by atomic mass is 10.2. The van der Waals surface area contributed by atoms with Crippen molar-refractivity contribution in [3.8, 4) is 0 Å². The Hall–Kier alpha value is -1.58. The van der Waals surface area contributed by atoms with Gasteiger partial charge in [0.1, 0.15) is 0 Å². The third-order valence-corrected chi connectivity index (χ3v) is 3.02. The van der Waals surface area contributed by atoms with Crippen molar-refractivity contribution in [2.75, 3.05) is 5.43 Å². The summed E-state index contributed by atoms with van der Waals surface area (Å²) in [5, 5.41) is 4.84. The van der Waals surface area contributed by atoms with Gasteiger partial charge in [-0.15, -0.1) is 0 Å². The molecule has 0 aliphatic heterocycles. The number of halogens is 2. The van der Waals surface area contributed by atoms with E-state index in [1.807, 2.05) is 60.7 Å². The molecule has 4 heteroatoms. The van der Waals surface area contributed by atoms with Crippen LogP contribution in [-0.2, 0) is 0 Å².